The maximum absolute atomic E-state index is 11.5. The lowest BCUT2D eigenvalue weighted by atomic mass is 10.1. The van der Waals surface area contributed by atoms with Gasteiger partial charge in [0.15, 0.2) is 0 Å². The van der Waals surface area contributed by atoms with Crippen LogP contribution >= 0.6 is 0 Å². The first-order valence-electron chi connectivity index (χ1n) is 6.14. The van der Waals surface area contributed by atoms with Crippen LogP contribution in [0.4, 0.5) is 0 Å². The molecule has 0 aliphatic carbocycles. The molecule has 0 aromatic heterocycles. The van der Waals surface area contributed by atoms with Crippen LogP contribution in [0.5, 0.6) is 0 Å². The van der Waals surface area contributed by atoms with Crippen LogP contribution in [-0.4, -0.2) is 19.0 Å². The van der Waals surface area contributed by atoms with Crippen LogP contribution in [0.1, 0.15) is 24.5 Å². The first-order chi connectivity index (χ1) is 8.13. The van der Waals surface area contributed by atoms with Gasteiger partial charge >= 0.3 is 0 Å². The highest BCUT2D eigenvalue weighted by molar-refractivity contribution is 5.76. The van der Waals surface area contributed by atoms with Crippen molar-refractivity contribution in [3.63, 3.8) is 0 Å². The minimum Gasteiger partial charge on any atom is -0.356 e. The molecular weight excluding hydrogens is 212 g/mol. The van der Waals surface area contributed by atoms with Gasteiger partial charge in [-0.1, -0.05) is 31.2 Å². The largest absolute Gasteiger partial charge is 0.356 e. The molecule has 1 unspecified atom stereocenters. The Labute approximate surface area is 103 Å². The molecule has 3 nitrogen and oxygen atoms in total. The molecule has 1 aromatic rings. The number of rotatable bonds is 6. The zero-order chi connectivity index (χ0) is 12.7. The lowest BCUT2D eigenvalue weighted by molar-refractivity contribution is -0.121. The summed E-state index contributed by atoms with van der Waals surface area (Å²) >= 11 is 0. The molecule has 1 amide bonds. The van der Waals surface area contributed by atoms with Crippen LogP contribution in [0, 0.1) is 12.8 Å². The fraction of sp³-hybridized carbons (Fsp3) is 0.500. The van der Waals surface area contributed by atoms with Crippen LogP contribution in [0.2, 0.25) is 0 Å². The molecule has 94 valence electrons. The molecule has 0 aliphatic heterocycles. The quantitative estimate of drug-likeness (QED) is 0.786. The topological polar surface area (TPSA) is 55.1 Å². The average Bonchev–Trinajstić information content (AvgIpc) is 2.31. The van der Waals surface area contributed by atoms with E-state index in [1.165, 1.54) is 11.1 Å². The van der Waals surface area contributed by atoms with Crippen molar-refractivity contribution in [2.24, 2.45) is 11.7 Å². The normalized spacial score (nSPS) is 12.2. The molecule has 17 heavy (non-hydrogen) atoms. The van der Waals surface area contributed by atoms with Crippen molar-refractivity contribution in [1.29, 1.82) is 0 Å². The minimum atomic E-state index is 0.0940. The van der Waals surface area contributed by atoms with Gasteiger partial charge in [0.2, 0.25) is 5.91 Å². The molecule has 0 fully saturated rings. The van der Waals surface area contributed by atoms with Crippen LogP contribution in [0.25, 0.3) is 0 Å². The number of nitrogens with one attached hydrogen (secondary N) is 1. The fourth-order valence-corrected chi connectivity index (χ4v) is 1.70. The molecule has 0 saturated heterocycles. The average molecular weight is 234 g/mol. The summed E-state index contributed by atoms with van der Waals surface area (Å²) in [5.41, 5.74) is 8.05. The Balaban J connectivity index is 2.29. The van der Waals surface area contributed by atoms with Gasteiger partial charge in [-0.05, 0) is 36.9 Å². The Hall–Kier alpha value is -1.35. The molecule has 1 rings (SSSR count). The van der Waals surface area contributed by atoms with Crippen LogP contribution in [0.15, 0.2) is 24.3 Å². The van der Waals surface area contributed by atoms with Crippen molar-refractivity contribution in [3.8, 4) is 0 Å². The second-order valence-electron chi connectivity index (χ2n) is 4.57. The molecule has 3 N–H and O–H groups in total. The van der Waals surface area contributed by atoms with Gasteiger partial charge in [-0.3, -0.25) is 4.79 Å². The molecule has 1 aromatic carbocycles. The van der Waals surface area contributed by atoms with E-state index in [-0.39, 0.29) is 11.8 Å². The Morgan fingerprint density at radius 2 is 2.12 bits per heavy atom. The molecule has 0 aliphatic rings. The predicted octanol–water partition coefficient (Wildman–Crippen LogP) is 1.64. The van der Waals surface area contributed by atoms with E-state index in [9.17, 15) is 4.79 Å². The standard InChI is InChI=1S/C14H22N2O/c1-11(10-15)9-14(17)16-8-7-13-6-4-3-5-12(13)2/h3-6,11H,7-10,15H2,1-2H3,(H,16,17). The summed E-state index contributed by atoms with van der Waals surface area (Å²) in [5, 5.41) is 2.93. The minimum absolute atomic E-state index is 0.0940. The summed E-state index contributed by atoms with van der Waals surface area (Å²) < 4.78 is 0. The monoisotopic (exact) mass is 234 g/mol. The fourth-order valence-electron chi connectivity index (χ4n) is 1.70. The predicted molar refractivity (Wildman–Crippen MR) is 70.7 cm³/mol. The van der Waals surface area contributed by atoms with Crippen molar-refractivity contribution in [1.82, 2.24) is 5.32 Å². The van der Waals surface area contributed by atoms with Gasteiger partial charge in [0, 0.05) is 13.0 Å². The summed E-state index contributed by atoms with van der Waals surface area (Å²) in [5.74, 6) is 0.352. The first kappa shape index (κ1) is 13.7. The number of carbonyl (C=O) groups excluding carboxylic acids is 1. The Kier molecular flexibility index (Phi) is 5.70. The molecule has 0 bridgehead atoms. The molecule has 0 radical (unpaired) electrons. The van der Waals surface area contributed by atoms with E-state index in [0.29, 0.717) is 19.5 Å². The highest BCUT2D eigenvalue weighted by atomic mass is 16.1. The number of nitrogens with two attached hydrogens (primary N) is 1. The summed E-state index contributed by atoms with van der Waals surface area (Å²) in [4.78, 5) is 11.5. The van der Waals surface area contributed by atoms with Gasteiger partial charge in [-0.25, -0.2) is 0 Å². The SMILES string of the molecule is Cc1ccccc1CCNC(=O)CC(C)CN. The van der Waals surface area contributed by atoms with E-state index in [4.69, 9.17) is 5.73 Å². The second kappa shape index (κ2) is 7.07. The lowest BCUT2D eigenvalue weighted by Gasteiger charge is -2.10. The van der Waals surface area contributed by atoms with Crippen LogP contribution in [0.3, 0.4) is 0 Å². The Bertz CT molecular complexity index is 363. The van der Waals surface area contributed by atoms with Crippen molar-refractivity contribution in [2.75, 3.05) is 13.1 Å². The number of benzene rings is 1. The van der Waals surface area contributed by atoms with E-state index in [1.54, 1.807) is 0 Å². The van der Waals surface area contributed by atoms with Gasteiger partial charge in [0.05, 0.1) is 0 Å². The second-order valence-corrected chi connectivity index (χ2v) is 4.57. The summed E-state index contributed by atoms with van der Waals surface area (Å²) in [6.45, 7) is 5.33. The highest BCUT2D eigenvalue weighted by Gasteiger charge is 2.06. The summed E-state index contributed by atoms with van der Waals surface area (Å²) in [7, 11) is 0. The number of hydrogen-bond donors (Lipinski definition) is 2. The van der Waals surface area contributed by atoms with Gasteiger partial charge in [-0.15, -0.1) is 0 Å². The number of amides is 1. The molecule has 0 heterocycles. The molecule has 0 spiro atoms. The smallest absolute Gasteiger partial charge is 0.220 e. The number of aryl methyl sites for hydroxylation is 1. The Morgan fingerprint density at radius 3 is 2.76 bits per heavy atom. The van der Waals surface area contributed by atoms with Crippen LogP contribution in [-0.2, 0) is 11.2 Å². The van der Waals surface area contributed by atoms with E-state index in [1.807, 2.05) is 19.1 Å². The van der Waals surface area contributed by atoms with Crippen molar-refractivity contribution in [3.05, 3.63) is 35.4 Å². The highest BCUT2D eigenvalue weighted by Crippen LogP contribution is 2.07. The molecule has 1 atom stereocenters. The van der Waals surface area contributed by atoms with Crippen molar-refractivity contribution >= 4 is 5.91 Å². The third-order valence-electron chi connectivity index (χ3n) is 2.91. The van der Waals surface area contributed by atoms with E-state index >= 15 is 0 Å². The van der Waals surface area contributed by atoms with Crippen molar-refractivity contribution in [2.45, 2.75) is 26.7 Å². The van der Waals surface area contributed by atoms with E-state index in [0.717, 1.165) is 6.42 Å². The molecule has 0 saturated carbocycles. The zero-order valence-corrected chi connectivity index (χ0v) is 10.7. The van der Waals surface area contributed by atoms with Crippen LogP contribution < -0.4 is 11.1 Å². The van der Waals surface area contributed by atoms with Gasteiger partial charge in [0.1, 0.15) is 0 Å². The molecular formula is C14H22N2O. The zero-order valence-electron chi connectivity index (χ0n) is 10.7. The summed E-state index contributed by atoms with van der Waals surface area (Å²) in [6.07, 6.45) is 1.40. The van der Waals surface area contributed by atoms with E-state index in [2.05, 4.69) is 24.4 Å². The van der Waals surface area contributed by atoms with Crippen molar-refractivity contribution < 1.29 is 4.79 Å². The third kappa shape index (κ3) is 5.00. The van der Waals surface area contributed by atoms with Gasteiger partial charge < -0.3 is 11.1 Å². The van der Waals surface area contributed by atoms with E-state index < -0.39 is 0 Å². The lowest BCUT2D eigenvalue weighted by Crippen LogP contribution is -2.28. The first-order valence-corrected chi connectivity index (χ1v) is 6.14. The Morgan fingerprint density at radius 1 is 1.41 bits per heavy atom. The number of carbonyl (C=O) groups is 1. The van der Waals surface area contributed by atoms with Gasteiger partial charge in [0.25, 0.3) is 0 Å². The number of hydrogen-bond acceptors (Lipinski definition) is 2. The summed E-state index contributed by atoms with van der Waals surface area (Å²) in [6, 6.07) is 8.25. The maximum Gasteiger partial charge on any atom is 0.220 e. The van der Waals surface area contributed by atoms with Gasteiger partial charge in [-0.2, -0.15) is 0 Å². The molecule has 3 heteroatoms. The maximum atomic E-state index is 11.5. The third-order valence-corrected chi connectivity index (χ3v) is 2.91.